The Balaban J connectivity index is 2.37. The van der Waals surface area contributed by atoms with E-state index in [9.17, 15) is 24.3 Å². The van der Waals surface area contributed by atoms with Gasteiger partial charge in [0, 0.05) is 0 Å². The third-order valence-corrected chi connectivity index (χ3v) is 7.54. The van der Waals surface area contributed by atoms with E-state index < -0.39 is 34.8 Å². The lowest BCUT2D eigenvalue weighted by Crippen LogP contribution is -2.52. The van der Waals surface area contributed by atoms with Crippen LogP contribution in [-0.2, 0) is 26.4 Å². The molecule has 9 nitrogen and oxygen atoms in total. The summed E-state index contributed by atoms with van der Waals surface area (Å²) in [6.07, 6.45) is 0.0573. The number of hydrogen-bond donors (Lipinski definition) is 1. The minimum Gasteiger partial charge on any atom is -0.480 e. The van der Waals surface area contributed by atoms with Gasteiger partial charge in [-0.1, -0.05) is 37.3 Å². The molecule has 3 aromatic rings. The highest BCUT2D eigenvalue weighted by Gasteiger charge is 2.36. The molecule has 194 valence electrons. The molecule has 10 heteroatoms. The number of carboxylic acids is 1. The maximum absolute atomic E-state index is 13.8. The fourth-order valence-electron chi connectivity index (χ4n) is 3.92. The monoisotopic (exact) mass is 516 g/mol. The Morgan fingerprint density at radius 3 is 2.33 bits per heavy atom. The predicted octanol–water partition coefficient (Wildman–Crippen LogP) is 4.09. The first-order valence-corrected chi connectivity index (χ1v) is 12.7. The standard InChI is InChI=1S/C26H32N2O7S/c1-7-15(3)35-18(17-12-10-9-11-13-17)14-27-22-19(16(4)20(36-22)23(30)34-8-2)21(29)28(25(27)33)26(5,6)24(31)32/h9-13,15,18H,7-8,14H2,1-6H3,(H,31,32). The van der Waals surface area contributed by atoms with Crippen LogP contribution in [-0.4, -0.2) is 38.9 Å². The number of aromatic nitrogens is 2. The van der Waals surface area contributed by atoms with Crippen molar-refractivity contribution in [1.29, 1.82) is 0 Å². The first-order chi connectivity index (χ1) is 16.9. The second-order valence-electron chi connectivity index (χ2n) is 9.11. The van der Waals surface area contributed by atoms with Crippen molar-refractivity contribution in [3.05, 3.63) is 67.2 Å². The predicted molar refractivity (Wildman–Crippen MR) is 138 cm³/mol. The number of fused-ring (bicyclic) bond motifs is 1. The van der Waals surface area contributed by atoms with Gasteiger partial charge in [-0.15, -0.1) is 11.3 Å². The number of thiophene rings is 1. The van der Waals surface area contributed by atoms with Crippen LogP contribution in [0.5, 0.6) is 0 Å². The van der Waals surface area contributed by atoms with Gasteiger partial charge in [-0.25, -0.2) is 19.0 Å². The molecule has 2 heterocycles. The van der Waals surface area contributed by atoms with Gasteiger partial charge >= 0.3 is 17.6 Å². The quantitative estimate of drug-likeness (QED) is 0.404. The SMILES string of the molecule is CCOC(=O)c1sc2c(c1C)c(=O)n(C(C)(C)C(=O)O)c(=O)n2CC(OC(C)CC)c1ccccc1. The normalized spacial score (nSPS) is 13.5. The van der Waals surface area contributed by atoms with E-state index in [0.717, 1.165) is 27.9 Å². The van der Waals surface area contributed by atoms with Gasteiger partial charge in [0.1, 0.15) is 21.4 Å². The number of hydrogen-bond acceptors (Lipinski definition) is 7. The molecule has 0 fully saturated rings. The summed E-state index contributed by atoms with van der Waals surface area (Å²) >= 11 is 0.989. The number of ether oxygens (including phenoxy) is 2. The number of carbonyl (C=O) groups excluding carboxylic acids is 1. The van der Waals surface area contributed by atoms with Crippen LogP contribution in [0, 0.1) is 6.92 Å². The highest BCUT2D eigenvalue weighted by atomic mass is 32.1. The molecule has 0 aliphatic carbocycles. The van der Waals surface area contributed by atoms with E-state index in [1.807, 2.05) is 44.2 Å². The van der Waals surface area contributed by atoms with Crippen molar-refractivity contribution in [2.24, 2.45) is 0 Å². The Bertz CT molecular complexity index is 1390. The molecule has 2 atom stereocenters. The number of aryl methyl sites for hydroxylation is 1. The molecule has 0 radical (unpaired) electrons. The Hall–Kier alpha value is -3.24. The van der Waals surface area contributed by atoms with Crippen LogP contribution < -0.4 is 11.2 Å². The highest BCUT2D eigenvalue weighted by Crippen LogP contribution is 2.31. The molecule has 0 aliphatic heterocycles. The van der Waals surface area contributed by atoms with Crippen LogP contribution in [0.2, 0.25) is 0 Å². The largest absolute Gasteiger partial charge is 0.480 e. The van der Waals surface area contributed by atoms with Gasteiger partial charge in [-0.3, -0.25) is 9.36 Å². The van der Waals surface area contributed by atoms with E-state index >= 15 is 0 Å². The number of esters is 1. The topological polar surface area (TPSA) is 117 Å². The molecule has 0 amide bonds. The lowest BCUT2D eigenvalue weighted by molar-refractivity contribution is -0.146. The fourth-order valence-corrected chi connectivity index (χ4v) is 5.12. The zero-order valence-corrected chi connectivity index (χ0v) is 22.2. The van der Waals surface area contributed by atoms with Gasteiger partial charge in [0.2, 0.25) is 0 Å². The van der Waals surface area contributed by atoms with E-state index in [2.05, 4.69) is 0 Å². The van der Waals surface area contributed by atoms with Crippen LogP contribution in [0.1, 0.15) is 67.9 Å². The molecule has 0 saturated heterocycles. The van der Waals surface area contributed by atoms with Gasteiger partial charge in [0.05, 0.1) is 24.6 Å². The van der Waals surface area contributed by atoms with Gasteiger partial charge in [-0.05, 0) is 52.2 Å². The van der Waals surface area contributed by atoms with Crippen LogP contribution in [0.25, 0.3) is 10.2 Å². The number of rotatable bonds is 10. The van der Waals surface area contributed by atoms with Gasteiger partial charge in [-0.2, -0.15) is 0 Å². The van der Waals surface area contributed by atoms with Gasteiger partial charge in [0.25, 0.3) is 5.56 Å². The van der Waals surface area contributed by atoms with Crippen LogP contribution in [0.4, 0.5) is 0 Å². The van der Waals surface area contributed by atoms with E-state index in [1.54, 1.807) is 13.8 Å². The number of carbonyl (C=O) groups is 2. The zero-order chi connectivity index (χ0) is 26.8. The van der Waals surface area contributed by atoms with Gasteiger partial charge in [0.15, 0.2) is 0 Å². The Morgan fingerprint density at radius 2 is 1.78 bits per heavy atom. The Labute approximate surface area is 212 Å². The molecule has 2 unspecified atom stereocenters. The first kappa shape index (κ1) is 27.3. The molecule has 0 aliphatic rings. The molecular weight excluding hydrogens is 484 g/mol. The molecular formula is C26H32N2O7S. The smallest absolute Gasteiger partial charge is 0.348 e. The maximum Gasteiger partial charge on any atom is 0.348 e. The molecule has 36 heavy (non-hydrogen) atoms. The Kier molecular flexibility index (Phi) is 8.20. The summed E-state index contributed by atoms with van der Waals surface area (Å²) in [6.45, 7) is 9.95. The minimum absolute atomic E-state index is 0.0158. The van der Waals surface area contributed by atoms with Crippen LogP contribution in [0.15, 0.2) is 39.9 Å². The van der Waals surface area contributed by atoms with Crippen molar-refractivity contribution in [3.8, 4) is 0 Å². The molecule has 3 rings (SSSR count). The summed E-state index contributed by atoms with van der Waals surface area (Å²) in [6, 6.07) is 9.37. The van der Waals surface area contributed by atoms with E-state index in [1.165, 1.54) is 18.4 Å². The second-order valence-corrected chi connectivity index (χ2v) is 10.1. The van der Waals surface area contributed by atoms with E-state index in [4.69, 9.17) is 9.47 Å². The molecule has 2 aromatic heterocycles. The Morgan fingerprint density at radius 1 is 1.14 bits per heavy atom. The van der Waals surface area contributed by atoms with Crippen LogP contribution in [0.3, 0.4) is 0 Å². The third kappa shape index (κ3) is 5.01. The summed E-state index contributed by atoms with van der Waals surface area (Å²) in [5, 5.41) is 9.96. The number of carboxylic acid groups (broad SMARTS) is 1. The lowest BCUT2D eigenvalue weighted by atomic mass is 10.1. The number of benzene rings is 1. The maximum atomic E-state index is 13.8. The van der Waals surface area contributed by atoms with Gasteiger partial charge < -0.3 is 14.6 Å². The molecule has 0 bridgehead atoms. The summed E-state index contributed by atoms with van der Waals surface area (Å²) < 4.78 is 13.5. The van der Waals surface area contributed by atoms with Crippen molar-refractivity contribution in [2.45, 2.75) is 72.3 Å². The molecule has 0 saturated carbocycles. The van der Waals surface area contributed by atoms with Crippen molar-refractivity contribution >= 4 is 33.5 Å². The first-order valence-electron chi connectivity index (χ1n) is 11.9. The van der Waals surface area contributed by atoms with Crippen molar-refractivity contribution in [2.75, 3.05) is 6.61 Å². The van der Waals surface area contributed by atoms with Crippen molar-refractivity contribution in [3.63, 3.8) is 0 Å². The average molecular weight is 517 g/mol. The van der Waals surface area contributed by atoms with Crippen LogP contribution >= 0.6 is 11.3 Å². The summed E-state index contributed by atoms with van der Waals surface area (Å²) in [5.74, 6) is -1.93. The highest BCUT2D eigenvalue weighted by molar-refractivity contribution is 7.20. The minimum atomic E-state index is -1.83. The van der Waals surface area contributed by atoms with Crippen molar-refractivity contribution < 1.29 is 24.2 Å². The van der Waals surface area contributed by atoms with Crippen molar-refractivity contribution in [1.82, 2.24) is 9.13 Å². The molecule has 0 spiro atoms. The van der Waals surface area contributed by atoms with E-state index in [0.29, 0.717) is 5.56 Å². The zero-order valence-electron chi connectivity index (χ0n) is 21.4. The second kappa shape index (κ2) is 10.8. The fraction of sp³-hybridized carbons (Fsp3) is 0.462. The molecule has 1 N–H and O–H groups in total. The summed E-state index contributed by atoms with van der Waals surface area (Å²) in [7, 11) is 0. The number of nitrogens with zero attached hydrogens (tertiary/aromatic N) is 2. The molecule has 1 aromatic carbocycles. The number of aliphatic carboxylic acids is 1. The lowest BCUT2D eigenvalue weighted by Gasteiger charge is -2.26. The average Bonchev–Trinajstić information content (AvgIpc) is 3.18. The third-order valence-electron chi connectivity index (χ3n) is 6.25. The summed E-state index contributed by atoms with van der Waals surface area (Å²) in [4.78, 5) is 52.5. The summed E-state index contributed by atoms with van der Waals surface area (Å²) in [5.41, 5.74) is -2.21. The van der Waals surface area contributed by atoms with E-state index in [-0.39, 0.29) is 34.3 Å².